The largest absolute Gasteiger partial charge is 0.573 e. The van der Waals surface area contributed by atoms with Crippen LogP contribution in [0.3, 0.4) is 0 Å². The number of rotatable bonds is 6. The first-order valence-electron chi connectivity index (χ1n) is 7.23. The molecule has 0 radical (unpaired) electrons. The molecule has 0 unspecified atom stereocenters. The Morgan fingerprint density at radius 3 is 2.08 bits per heavy atom. The van der Waals surface area contributed by atoms with Gasteiger partial charge >= 0.3 is 12.3 Å². The normalized spacial score (nSPS) is 10.8. The summed E-state index contributed by atoms with van der Waals surface area (Å²) in [7, 11) is 1.26. The summed E-state index contributed by atoms with van der Waals surface area (Å²) in [6, 6.07) is 10.7. The number of ether oxygens (including phenoxy) is 3. The second-order valence-corrected chi connectivity index (χ2v) is 4.92. The van der Waals surface area contributed by atoms with Gasteiger partial charge in [0.2, 0.25) is 0 Å². The smallest absolute Gasteiger partial charge is 0.484 e. The molecular formula is C17H14F3NO5. The van der Waals surface area contributed by atoms with Gasteiger partial charge in [-0.25, -0.2) is 4.79 Å². The molecule has 2 aromatic rings. The number of halogens is 3. The topological polar surface area (TPSA) is 73.9 Å². The van der Waals surface area contributed by atoms with Crippen LogP contribution in [0.25, 0.3) is 0 Å². The van der Waals surface area contributed by atoms with Crippen LogP contribution in [0.4, 0.5) is 18.9 Å². The van der Waals surface area contributed by atoms with Gasteiger partial charge in [-0.1, -0.05) is 0 Å². The van der Waals surface area contributed by atoms with Crippen LogP contribution in [0.2, 0.25) is 0 Å². The van der Waals surface area contributed by atoms with Crippen LogP contribution in [0.15, 0.2) is 48.5 Å². The molecule has 0 aliphatic rings. The van der Waals surface area contributed by atoms with Gasteiger partial charge in [0.05, 0.1) is 12.7 Å². The molecule has 26 heavy (non-hydrogen) atoms. The van der Waals surface area contributed by atoms with E-state index in [4.69, 9.17) is 4.74 Å². The lowest BCUT2D eigenvalue weighted by Crippen LogP contribution is -2.20. The van der Waals surface area contributed by atoms with Crippen LogP contribution in [0.5, 0.6) is 11.5 Å². The predicted octanol–water partition coefficient (Wildman–Crippen LogP) is 3.39. The van der Waals surface area contributed by atoms with E-state index in [1.807, 2.05) is 0 Å². The van der Waals surface area contributed by atoms with Gasteiger partial charge in [0.25, 0.3) is 5.91 Å². The summed E-state index contributed by atoms with van der Waals surface area (Å²) >= 11 is 0. The van der Waals surface area contributed by atoms with E-state index in [2.05, 4.69) is 14.8 Å². The van der Waals surface area contributed by atoms with Crippen molar-refractivity contribution in [1.29, 1.82) is 0 Å². The van der Waals surface area contributed by atoms with Crippen molar-refractivity contribution in [3.8, 4) is 11.5 Å². The third-order valence-corrected chi connectivity index (χ3v) is 3.02. The highest BCUT2D eigenvalue weighted by atomic mass is 19.4. The maximum absolute atomic E-state index is 12.1. The Bertz CT molecular complexity index is 757. The van der Waals surface area contributed by atoms with Crippen molar-refractivity contribution in [1.82, 2.24) is 0 Å². The summed E-state index contributed by atoms with van der Waals surface area (Å²) < 4.78 is 49.8. The molecule has 0 saturated heterocycles. The zero-order chi connectivity index (χ0) is 19.2. The first-order chi connectivity index (χ1) is 12.3. The van der Waals surface area contributed by atoms with E-state index in [9.17, 15) is 22.8 Å². The first-order valence-corrected chi connectivity index (χ1v) is 7.23. The zero-order valence-electron chi connectivity index (χ0n) is 13.5. The van der Waals surface area contributed by atoms with Gasteiger partial charge in [0, 0.05) is 5.69 Å². The van der Waals surface area contributed by atoms with Crippen molar-refractivity contribution in [2.75, 3.05) is 19.0 Å². The summed E-state index contributed by atoms with van der Waals surface area (Å²) in [6.07, 6.45) is -4.78. The standard InChI is InChI=1S/C17H14F3NO5/c1-24-16(23)11-2-6-13(7-3-11)25-10-15(22)21-12-4-8-14(9-5-12)26-17(18,19)20/h2-9H,10H2,1H3,(H,21,22). The van der Waals surface area contributed by atoms with E-state index in [0.29, 0.717) is 11.3 Å². The Labute approximate surface area is 146 Å². The minimum absolute atomic E-state index is 0.286. The minimum Gasteiger partial charge on any atom is -0.484 e. The molecule has 0 aromatic heterocycles. The van der Waals surface area contributed by atoms with E-state index in [0.717, 1.165) is 12.1 Å². The maximum Gasteiger partial charge on any atom is 0.573 e. The highest BCUT2D eigenvalue weighted by Gasteiger charge is 2.30. The van der Waals surface area contributed by atoms with Gasteiger partial charge in [0.15, 0.2) is 6.61 Å². The highest BCUT2D eigenvalue weighted by molar-refractivity contribution is 5.92. The lowest BCUT2D eigenvalue weighted by atomic mass is 10.2. The van der Waals surface area contributed by atoms with Gasteiger partial charge in [0.1, 0.15) is 11.5 Å². The van der Waals surface area contributed by atoms with Gasteiger partial charge < -0.3 is 19.5 Å². The van der Waals surface area contributed by atoms with Gasteiger partial charge in [-0.05, 0) is 48.5 Å². The van der Waals surface area contributed by atoms with Crippen molar-refractivity contribution >= 4 is 17.6 Å². The molecular weight excluding hydrogens is 355 g/mol. The van der Waals surface area contributed by atoms with Crippen molar-refractivity contribution in [3.05, 3.63) is 54.1 Å². The van der Waals surface area contributed by atoms with E-state index < -0.39 is 24.0 Å². The number of hydrogen-bond donors (Lipinski definition) is 1. The SMILES string of the molecule is COC(=O)c1ccc(OCC(=O)Nc2ccc(OC(F)(F)F)cc2)cc1. The maximum atomic E-state index is 12.1. The molecule has 6 nitrogen and oxygen atoms in total. The van der Waals surface area contributed by atoms with E-state index >= 15 is 0 Å². The lowest BCUT2D eigenvalue weighted by molar-refractivity contribution is -0.274. The molecule has 0 bridgehead atoms. The molecule has 1 N–H and O–H groups in total. The number of carbonyl (C=O) groups excluding carboxylic acids is 2. The number of esters is 1. The van der Waals surface area contributed by atoms with E-state index in [1.165, 1.54) is 43.5 Å². The Morgan fingerprint density at radius 1 is 0.962 bits per heavy atom. The van der Waals surface area contributed by atoms with Crippen molar-refractivity contribution in [2.45, 2.75) is 6.36 Å². The third-order valence-electron chi connectivity index (χ3n) is 3.02. The van der Waals surface area contributed by atoms with Crippen molar-refractivity contribution < 1.29 is 37.0 Å². The second-order valence-electron chi connectivity index (χ2n) is 4.92. The summed E-state index contributed by atoms with van der Waals surface area (Å²) in [5, 5.41) is 2.47. The van der Waals surface area contributed by atoms with Gasteiger partial charge in [-0.3, -0.25) is 4.79 Å². The van der Waals surface area contributed by atoms with E-state index in [1.54, 1.807) is 0 Å². The van der Waals surface area contributed by atoms with Crippen LogP contribution >= 0.6 is 0 Å². The number of carbonyl (C=O) groups is 2. The Morgan fingerprint density at radius 2 is 1.54 bits per heavy atom. The summed E-state index contributed by atoms with van der Waals surface area (Å²) in [4.78, 5) is 23.1. The molecule has 0 aliphatic carbocycles. The minimum atomic E-state index is -4.78. The number of alkyl halides is 3. The Kier molecular flexibility index (Phi) is 6.05. The number of hydrogen-bond acceptors (Lipinski definition) is 5. The molecule has 2 aromatic carbocycles. The molecule has 9 heteroatoms. The van der Waals surface area contributed by atoms with Crippen LogP contribution in [-0.2, 0) is 9.53 Å². The molecule has 0 atom stereocenters. The molecule has 0 heterocycles. The second kappa shape index (κ2) is 8.24. The van der Waals surface area contributed by atoms with Crippen LogP contribution in [0.1, 0.15) is 10.4 Å². The fraction of sp³-hybridized carbons (Fsp3) is 0.176. The molecule has 2 rings (SSSR count). The monoisotopic (exact) mass is 369 g/mol. The van der Waals surface area contributed by atoms with Crippen molar-refractivity contribution in [2.24, 2.45) is 0 Å². The number of nitrogens with one attached hydrogen (secondary N) is 1. The number of anilines is 1. The van der Waals surface area contributed by atoms with E-state index in [-0.39, 0.29) is 12.3 Å². The first kappa shape index (κ1) is 19.1. The molecule has 138 valence electrons. The van der Waals surface area contributed by atoms with Crippen LogP contribution < -0.4 is 14.8 Å². The zero-order valence-corrected chi connectivity index (χ0v) is 13.5. The molecule has 0 spiro atoms. The predicted molar refractivity (Wildman–Crippen MR) is 85.0 cm³/mol. The summed E-state index contributed by atoms with van der Waals surface area (Å²) in [5.41, 5.74) is 0.625. The van der Waals surface area contributed by atoms with Crippen LogP contribution in [-0.4, -0.2) is 32.0 Å². The fourth-order valence-corrected chi connectivity index (χ4v) is 1.89. The average Bonchev–Trinajstić information content (AvgIpc) is 2.60. The number of amides is 1. The summed E-state index contributed by atoms with van der Waals surface area (Å²) in [6.45, 7) is -0.321. The quantitative estimate of drug-likeness (QED) is 0.790. The van der Waals surface area contributed by atoms with Gasteiger partial charge in [-0.15, -0.1) is 13.2 Å². The van der Waals surface area contributed by atoms with Crippen molar-refractivity contribution in [3.63, 3.8) is 0 Å². The average molecular weight is 369 g/mol. The third kappa shape index (κ3) is 6.00. The lowest BCUT2D eigenvalue weighted by Gasteiger charge is -2.10. The number of benzene rings is 2. The fourth-order valence-electron chi connectivity index (χ4n) is 1.89. The van der Waals surface area contributed by atoms with Crippen LogP contribution in [0, 0.1) is 0 Å². The molecule has 0 saturated carbocycles. The molecule has 1 amide bonds. The van der Waals surface area contributed by atoms with Gasteiger partial charge in [-0.2, -0.15) is 0 Å². The summed E-state index contributed by atoms with van der Waals surface area (Å²) in [5.74, 6) is -1.03. The molecule has 0 aliphatic heterocycles. The Hall–Kier alpha value is -3.23. The highest BCUT2D eigenvalue weighted by Crippen LogP contribution is 2.24. The number of methoxy groups -OCH3 is 1. The Balaban J connectivity index is 1.84. The molecule has 0 fully saturated rings.